The number of carbonyl (C=O) groups excluding carboxylic acids is 2. The van der Waals surface area contributed by atoms with Crippen LogP contribution < -0.4 is 20.1 Å². The van der Waals surface area contributed by atoms with Gasteiger partial charge in [-0.15, -0.1) is 0 Å². The van der Waals surface area contributed by atoms with E-state index in [-0.39, 0.29) is 28.3 Å². The molecular weight excluding hydrogens is 370 g/mol. The molecule has 28 heavy (non-hydrogen) atoms. The molecule has 10 heteroatoms. The van der Waals surface area contributed by atoms with Gasteiger partial charge in [0.05, 0.1) is 49.0 Å². The summed E-state index contributed by atoms with van der Waals surface area (Å²) in [5.41, 5.74) is 0.212. The topological polar surface area (TPSA) is 129 Å². The smallest absolute Gasteiger partial charge is 0.337 e. The van der Waals surface area contributed by atoms with Gasteiger partial charge in [-0.3, -0.25) is 10.1 Å². The Bertz CT molecular complexity index is 820. The number of urea groups is 1. The highest BCUT2D eigenvalue weighted by Gasteiger charge is 2.37. The molecule has 0 fully saturated rings. The zero-order chi connectivity index (χ0) is 20.8. The zero-order valence-corrected chi connectivity index (χ0v) is 16.2. The van der Waals surface area contributed by atoms with Crippen molar-refractivity contribution in [2.75, 3.05) is 20.8 Å². The van der Waals surface area contributed by atoms with Crippen LogP contribution in [0.4, 0.5) is 10.5 Å². The highest BCUT2D eigenvalue weighted by Crippen LogP contribution is 2.41. The van der Waals surface area contributed by atoms with E-state index in [4.69, 9.17) is 14.2 Å². The van der Waals surface area contributed by atoms with Crippen LogP contribution in [0.25, 0.3) is 0 Å². The lowest BCUT2D eigenvalue weighted by atomic mass is 9.92. The van der Waals surface area contributed by atoms with Gasteiger partial charge in [0.2, 0.25) is 0 Å². The van der Waals surface area contributed by atoms with E-state index < -0.39 is 23.0 Å². The van der Waals surface area contributed by atoms with Gasteiger partial charge in [0, 0.05) is 5.70 Å². The maximum atomic E-state index is 12.4. The van der Waals surface area contributed by atoms with E-state index in [2.05, 4.69) is 10.6 Å². The Balaban J connectivity index is 2.72. The molecule has 0 saturated heterocycles. The summed E-state index contributed by atoms with van der Waals surface area (Å²) in [6, 6.07) is 0.982. The summed E-state index contributed by atoms with van der Waals surface area (Å²) in [5.74, 6) is -0.237. The number of nitro benzene ring substituents is 1. The first kappa shape index (κ1) is 21.0. The highest BCUT2D eigenvalue weighted by molar-refractivity contribution is 5.95. The van der Waals surface area contributed by atoms with Crippen molar-refractivity contribution in [2.45, 2.75) is 32.7 Å². The predicted molar refractivity (Wildman–Crippen MR) is 99.2 cm³/mol. The standard InChI is InChI=1S/C18H23N3O7/c1-5-7-28-14-8-10(12(21(24)25)9-13(14)26-3)16-15(17(22)27-4)11(6-2)19-18(23)20-16/h8-9,16H,5-7H2,1-4H3,(H2,19,20,23). The molecule has 0 spiro atoms. The Morgan fingerprint density at radius 1 is 1.25 bits per heavy atom. The molecule has 0 bridgehead atoms. The number of benzene rings is 1. The fraction of sp³-hybridized carbons (Fsp3) is 0.444. The number of methoxy groups -OCH3 is 2. The summed E-state index contributed by atoms with van der Waals surface area (Å²) in [5, 5.41) is 16.8. The molecular formula is C18H23N3O7. The Morgan fingerprint density at radius 2 is 1.96 bits per heavy atom. The first-order valence-electron chi connectivity index (χ1n) is 8.75. The summed E-state index contributed by atoms with van der Waals surface area (Å²) < 4.78 is 15.7. The lowest BCUT2D eigenvalue weighted by molar-refractivity contribution is -0.385. The maximum absolute atomic E-state index is 12.4. The predicted octanol–water partition coefficient (Wildman–Crippen LogP) is 2.58. The molecule has 2 rings (SSSR count). The average molecular weight is 393 g/mol. The maximum Gasteiger partial charge on any atom is 0.337 e. The summed E-state index contributed by atoms with van der Waals surface area (Å²) in [6.45, 7) is 4.03. The number of ether oxygens (including phenoxy) is 3. The molecule has 1 heterocycles. The average Bonchev–Trinajstić information content (AvgIpc) is 2.69. The molecule has 10 nitrogen and oxygen atoms in total. The van der Waals surface area contributed by atoms with Crippen molar-refractivity contribution in [3.63, 3.8) is 0 Å². The van der Waals surface area contributed by atoms with Crippen molar-refractivity contribution in [2.24, 2.45) is 0 Å². The largest absolute Gasteiger partial charge is 0.493 e. The quantitative estimate of drug-likeness (QED) is 0.394. The third-order valence-corrected chi connectivity index (χ3v) is 4.19. The van der Waals surface area contributed by atoms with Gasteiger partial charge in [0.15, 0.2) is 11.5 Å². The van der Waals surface area contributed by atoms with Crippen LogP contribution in [0.5, 0.6) is 11.5 Å². The Hall–Kier alpha value is -3.30. The lowest BCUT2D eigenvalue weighted by Gasteiger charge is -2.29. The van der Waals surface area contributed by atoms with E-state index in [1.807, 2.05) is 6.92 Å². The summed E-state index contributed by atoms with van der Waals surface area (Å²) in [7, 11) is 2.58. The van der Waals surface area contributed by atoms with Crippen molar-refractivity contribution in [3.8, 4) is 11.5 Å². The van der Waals surface area contributed by atoms with Crippen LogP contribution in [0.2, 0.25) is 0 Å². The van der Waals surface area contributed by atoms with Gasteiger partial charge in [-0.05, 0) is 18.9 Å². The third kappa shape index (κ3) is 4.16. The van der Waals surface area contributed by atoms with Crippen molar-refractivity contribution >= 4 is 17.7 Å². The van der Waals surface area contributed by atoms with Gasteiger partial charge in [0.1, 0.15) is 0 Å². The lowest BCUT2D eigenvalue weighted by Crippen LogP contribution is -2.46. The van der Waals surface area contributed by atoms with Gasteiger partial charge in [-0.25, -0.2) is 9.59 Å². The van der Waals surface area contributed by atoms with Crippen molar-refractivity contribution in [1.82, 2.24) is 10.6 Å². The summed E-state index contributed by atoms with van der Waals surface area (Å²) >= 11 is 0. The number of allylic oxidation sites excluding steroid dienone is 1. The van der Waals surface area contributed by atoms with Crippen molar-refractivity contribution in [1.29, 1.82) is 0 Å². The molecule has 152 valence electrons. The van der Waals surface area contributed by atoms with Crippen LogP contribution in [-0.2, 0) is 9.53 Å². The van der Waals surface area contributed by atoms with Crippen LogP contribution in [0.15, 0.2) is 23.4 Å². The van der Waals surface area contributed by atoms with Crippen LogP contribution in [0, 0.1) is 10.1 Å². The molecule has 1 aromatic carbocycles. The van der Waals surface area contributed by atoms with Gasteiger partial charge in [-0.2, -0.15) is 0 Å². The Kier molecular flexibility index (Phi) is 6.80. The number of hydrogen-bond donors (Lipinski definition) is 2. The minimum atomic E-state index is -1.08. The molecule has 1 aliphatic heterocycles. The number of amides is 2. The van der Waals surface area contributed by atoms with Crippen molar-refractivity contribution in [3.05, 3.63) is 39.1 Å². The van der Waals surface area contributed by atoms with E-state index in [0.717, 1.165) is 0 Å². The number of esters is 1. The third-order valence-electron chi connectivity index (χ3n) is 4.19. The van der Waals surface area contributed by atoms with E-state index in [0.29, 0.717) is 25.1 Å². The fourth-order valence-electron chi connectivity index (χ4n) is 2.92. The minimum Gasteiger partial charge on any atom is -0.493 e. The molecule has 1 atom stereocenters. The van der Waals surface area contributed by atoms with Crippen LogP contribution in [-0.4, -0.2) is 37.8 Å². The molecule has 0 radical (unpaired) electrons. The number of nitrogens with zero attached hydrogens (tertiary/aromatic N) is 1. The number of carbonyl (C=O) groups is 2. The van der Waals surface area contributed by atoms with Crippen LogP contribution in [0.1, 0.15) is 38.3 Å². The SMILES string of the molecule is CCCOc1cc(C2NC(=O)NC(CC)=C2C(=O)OC)c([N+](=O)[O-])cc1OC. The molecule has 1 unspecified atom stereocenters. The number of nitrogens with one attached hydrogen (secondary N) is 2. The first-order chi connectivity index (χ1) is 13.4. The van der Waals surface area contributed by atoms with Crippen LogP contribution >= 0.6 is 0 Å². The van der Waals surface area contributed by atoms with E-state index in [1.54, 1.807) is 6.92 Å². The highest BCUT2D eigenvalue weighted by atomic mass is 16.6. The van der Waals surface area contributed by atoms with Gasteiger partial charge < -0.3 is 24.8 Å². The molecule has 0 aliphatic carbocycles. The molecule has 2 N–H and O–H groups in total. The van der Waals surface area contributed by atoms with E-state index in [9.17, 15) is 19.7 Å². The Morgan fingerprint density at radius 3 is 2.50 bits per heavy atom. The normalized spacial score (nSPS) is 16.1. The molecule has 1 aliphatic rings. The Labute approximate surface area is 162 Å². The molecule has 2 amide bonds. The van der Waals surface area contributed by atoms with Gasteiger partial charge >= 0.3 is 12.0 Å². The number of nitro groups is 1. The second-order valence-electron chi connectivity index (χ2n) is 5.94. The monoisotopic (exact) mass is 393 g/mol. The van der Waals surface area contributed by atoms with E-state index >= 15 is 0 Å². The minimum absolute atomic E-state index is 0.0955. The van der Waals surface area contributed by atoms with Gasteiger partial charge in [0.25, 0.3) is 5.69 Å². The second-order valence-corrected chi connectivity index (χ2v) is 5.94. The molecule has 0 aromatic heterocycles. The van der Waals surface area contributed by atoms with Crippen molar-refractivity contribution < 1.29 is 28.7 Å². The van der Waals surface area contributed by atoms with E-state index in [1.165, 1.54) is 26.4 Å². The van der Waals surface area contributed by atoms with Gasteiger partial charge in [-0.1, -0.05) is 13.8 Å². The molecule has 0 saturated carbocycles. The first-order valence-corrected chi connectivity index (χ1v) is 8.75. The second kappa shape index (κ2) is 9.07. The van der Waals surface area contributed by atoms with Crippen LogP contribution in [0.3, 0.4) is 0 Å². The number of rotatable bonds is 8. The molecule has 1 aromatic rings. The summed E-state index contributed by atoms with van der Waals surface area (Å²) in [4.78, 5) is 35.6. The summed E-state index contributed by atoms with van der Waals surface area (Å²) in [6.07, 6.45) is 1.05. The fourth-order valence-corrected chi connectivity index (χ4v) is 2.92. The zero-order valence-electron chi connectivity index (χ0n) is 16.2. The number of hydrogen-bond acceptors (Lipinski definition) is 7.